The molecule has 5 N–H and O–H groups in total. The first-order chi connectivity index (χ1) is 6.81. The van der Waals surface area contributed by atoms with Crippen LogP contribution in [0.25, 0.3) is 11.2 Å². The summed E-state index contributed by atoms with van der Waals surface area (Å²) in [5, 5.41) is 2.42. The van der Waals surface area contributed by atoms with Gasteiger partial charge < -0.3 is 4.98 Å². The molecule has 0 aromatic carbocycles. The molecule has 2 aromatic heterocycles. The minimum atomic E-state index is -0.556. The lowest BCUT2D eigenvalue weighted by atomic mass is 10.5. The van der Waals surface area contributed by atoms with Crippen molar-refractivity contribution in [3.8, 4) is 0 Å². The first kappa shape index (κ1) is 8.38. The summed E-state index contributed by atoms with van der Waals surface area (Å²) < 4.78 is 0. The van der Waals surface area contributed by atoms with Gasteiger partial charge in [0, 0.05) is 0 Å². The highest BCUT2D eigenvalue weighted by atomic mass is 16.2. The van der Waals surface area contributed by atoms with E-state index >= 15 is 0 Å². The molecule has 0 atom stereocenters. The van der Waals surface area contributed by atoms with Crippen molar-refractivity contribution >= 4 is 23.0 Å². The van der Waals surface area contributed by atoms with E-state index in [2.05, 4.69) is 25.3 Å². The van der Waals surface area contributed by atoms with Gasteiger partial charge in [-0.3, -0.25) is 10.7 Å². The van der Waals surface area contributed by atoms with Crippen LogP contribution in [0.4, 0.5) is 10.6 Å². The number of anilines is 1. The van der Waals surface area contributed by atoms with Gasteiger partial charge in [-0.1, -0.05) is 0 Å². The second-order valence-corrected chi connectivity index (χ2v) is 2.42. The molecule has 0 aliphatic carbocycles. The van der Waals surface area contributed by atoms with Gasteiger partial charge in [0.1, 0.15) is 11.8 Å². The molecular formula is C6H7N7O. The molecule has 2 aromatic rings. The highest BCUT2D eigenvalue weighted by Gasteiger charge is 2.07. The molecule has 14 heavy (non-hydrogen) atoms. The molecule has 0 spiro atoms. The summed E-state index contributed by atoms with van der Waals surface area (Å²) in [7, 11) is 0. The zero-order valence-corrected chi connectivity index (χ0v) is 6.98. The maximum Gasteiger partial charge on any atom is 0.334 e. The number of aromatic amines is 1. The molecule has 0 unspecified atom stereocenters. The first-order valence-electron chi connectivity index (χ1n) is 3.73. The maximum absolute atomic E-state index is 10.9. The Balaban J connectivity index is 2.41. The predicted molar refractivity (Wildman–Crippen MR) is 48.0 cm³/mol. The van der Waals surface area contributed by atoms with Crippen molar-refractivity contribution in [1.82, 2.24) is 25.4 Å². The fraction of sp³-hybridized carbons (Fsp3) is 0. The van der Waals surface area contributed by atoms with E-state index in [-0.39, 0.29) is 0 Å². The van der Waals surface area contributed by atoms with Gasteiger partial charge in [-0.25, -0.2) is 25.6 Å². The summed E-state index contributed by atoms with van der Waals surface area (Å²) in [5.41, 5.74) is 2.96. The second-order valence-electron chi connectivity index (χ2n) is 2.42. The molecule has 2 rings (SSSR count). The fourth-order valence-corrected chi connectivity index (χ4v) is 1.00. The molecule has 2 heterocycles. The Hall–Kier alpha value is -2.22. The maximum atomic E-state index is 10.9. The van der Waals surface area contributed by atoms with E-state index in [1.807, 2.05) is 5.43 Å². The number of nitrogens with zero attached hydrogens (tertiary/aromatic N) is 3. The van der Waals surface area contributed by atoms with Crippen LogP contribution in [0.1, 0.15) is 0 Å². The summed E-state index contributed by atoms with van der Waals surface area (Å²) in [5.74, 6) is 5.24. The van der Waals surface area contributed by atoms with E-state index in [1.54, 1.807) is 0 Å². The van der Waals surface area contributed by atoms with Gasteiger partial charge in [0.25, 0.3) is 0 Å². The van der Waals surface area contributed by atoms with Crippen molar-refractivity contribution < 1.29 is 4.79 Å². The van der Waals surface area contributed by atoms with Crippen molar-refractivity contribution in [2.75, 3.05) is 5.32 Å². The summed E-state index contributed by atoms with van der Waals surface area (Å²) in [6.07, 6.45) is 2.76. The molecule has 72 valence electrons. The smallest absolute Gasteiger partial charge is 0.334 e. The van der Waals surface area contributed by atoms with E-state index in [4.69, 9.17) is 5.84 Å². The Bertz CT molecular complexity index is 464. The molecule has 0 saturated carbocycles. The molecule has 0 radical (unpaired) electrons. The Labute approximate surface area is 77.9 Å². The lowest BCUT2D eigenvalue weighted by Crippen LogP contribution is -2.34. The van der Waals surface area contributed by atoms with Gasteiger partial charge in [-0.15, -0.1) is 0 Å². The number of hydrogen-bond acceptors (Lipinski definition) is 5. The van der Waals surface area contributed by atoms with E-state index in [0.29, 0.717) is 17.0 Å². The Morgan fingerprint density at radius 1 is 1.43 bits per heavy atom. The van der Waals surface area contributed by atoms with E-state index in [9.17, 15) is 4.79 Å². The first-order valence-corrected chi connectivity index (χ1v) is 3.73. The standard InChI is InChI=1S/C6H7N7O/c7-13-6(14)12-5-3-4(9-1-8-3)10-2-11-5/h1-2H,7H2,(H3,8,9,10,11,12,13,14). The van der Waals surface area contributed by atoms with Gasteiger partial charge in [0.05, 0.1) is 6.33 Å². The lowest BCUT2D eigenvalue weighted by molar-refractivity contribution is 0.252. The average Bonchev–Trinajstić information content (AvgIpc) is 2.66. The van der Waals surface area contributed by atoms with Crippen LogP contribution in [0, 0.1) is 0 Å². The highest BCUT2D eigenvalue weighted by molar-refractivity contribution is 5.95. The lowest BCUT2D eigenvalue weighted by Gasteiger charge is -2.02. The third-order valence-corrected chi connectivity index (χ3v) is 1.59. The zero-order valence-electron chi connectivity index (χ0n) is 6.98. The Morgan fingerprint density at radius 2 is 2.29 bits per heavy atom. The molecule has 0 fully saturated rings. The number of carbonyl (C=O) groups is 1. The number of urea groups is 1. The number of imidazole rings is 1. The summed E-state index contributed by atoms with van der Waals surface area (Å²) in [4.78, 5) is 25.3. The van der Waals surface area contributed by atoms with Crippen molar-refractivity contribution in [3.63, 3.8) is 0 Å². The van der Waals surface area contributed by atoms with Gasteiger partial charge in [-0.05, 0) is 0 Å². The van der Waals surface area contributed by atoms with Gasteiger partial charge in [0.15, 0.2) is 11.5 Å². The largest absolute Gasteiger partial charge is 0.340 e. The van der Waals surface area contributed by atoms with Crippen LogP contribution in [-0.4, -0.2) is 26.0 Å². The number of aromatic nitrogens is 4. The number of amides is 2. The molecule has 8 nitrogen and oxygen atoms in total. The molecule has 8 heteroatoms. The van der Waals surface area contributed by atoms with Crippen LogP contribution in [0.2, 0.25) is 0 Å². The number of nitrogens with one attached hydrogen (secondary N) is 3. The topological polar surface area (TPSA) is 122 Å². The van der Waals surface area contributed by atoms with Crippen LogP contribution in [0.15, 0.2) is 12.7 Å². The van der Waals surface area contributed by atoms with Crippen molar-refractivity contribution in [3.05, 3.63) is 12.7 Å². The number of hydrazine groups is 1. The fourth-order valence-electron chi connectivity index (χ4n) is 1.00. The van der Waals surface area contributed by atoms with E-state index in [0.717, 1.165) is 0 Å². The van der Waals surface area contributed by atoms with Gasteiger partial charge in [0.2, 0.25) is 0 Å². The molecule has 0 aliphatic heterocycles. The highest BCUT2D eigenvalue weighted by Crippen LogP contribution is 2.13. The van der Waals surface area contributed by atoms with Crippen molar-refractivity contribution in [1.29, 1.82) is 0 Å². The predicted octanol–water partition coefficient (Wildman–Crippen LogP) is -0.652. The average molecular weight is 193 g/mol. The molecule has 0 saturated heterocycles. The van der Waals surface area contributed by atoms with Crippen LogP contribution >= 0.6 is 0 Å². The number of fused-ring (bicyclic) bond motifs is 1. The Morgan fingerprint density at radius 3 is 3.07 bits per heavy atom. The molecule has 2 amide bonds. The SMILES string of the molecule is NNC(=O)Nc1ncnc2nc[nH]c12. The molecule has 0 aliphatic rings. The Kier molecular flexibility index (Phi) is 1.95. The molecule has 0 bridgehead atoms. The van der Waals surface area contributed by atoms with E-state index < -0.39 is 6.03 Å². The number of hydrogen-bond donors (Lipinski definition) is 4. The number of H-pyrrole nitrogens is 1. The molecular weight excluding hydrogens is 186 g/mol. The third-order valence-electron chi connectivity index (χ3n) is 1.59. The minimum absolute atomic E-state index is 0.329. The zero-order chi connectivity index (χ0) is 9.97. The van der Waals surface area contributed by atoms with Crippen LogP contribution in [0.3, 0.4) is 0 Å². The van der Waals surface area contributed by atoms with Crippen molar-refractivity contribution in [2.24, 2.45) is 5.84 Å². The normalized spacial score (nSPS) is 10.1. The monoisotopic (exact) mass is 193 g/mol. The van der Waals surface area contributed by atoms with Gasteiger partial charge >= 0.3 is 6.03 Å². The quantitative estimate of drug-likeness (QED) is 0.272. The summed E-state index contributed by atoms with van der Waals surface area (Å²) in [6, 6.07) is -0.556. The van der Waals surface area contributed by atoms with Crippen LogP contribution < -0.4 is 16.6 Å². The second kappa shape index (κ2) is 3.26. The third kappa shape index (κ3) is 1.33. The number of nitrogens with two attached hydrogens (primary N) is 1. The van der Waals surface area contributed by atoms with Crippen LogP contribution in [-0.2, 0) is 0 Å². The minimum Gasteiger partial charge on any atom is -0.340 e. The van der Waals surface area contributed by atoms with E-state index in [1.165, 1.54) is 12.7 Å². The number of rotatable bonds is 1. The van der Waals surface area contributed by atoms with Crippen LogP contribution in [0.5, 0.6) is 0 Å². The van der Waals surface area contributed by atoms with Gasteiger partial charge in [-0.2, -0.15) is 0 Å². The summed E-state index contributed by atoms with van der Waals surface area (Å²) in [6.45, 7) is 0. The number of carbonyl (C=O) groups excluding carboxylic acids is 1. The van der Waals surface area contributed by atoms with Crippen molar-refractivity contribution in [2.45, 2.75) is 0 Å². The summed E-state index contributed by atoms with van der Waals surface area (Å²) >= 11 is 0.